The van der Waals surface area contributed by atoms with Crippen molar-refractivity contribution in [2.45, 2.75) is 25.8 Å². The van der Waals surface area contributed by atoms with Crippen LogP contribution < -0.4 is 14.8 Å². The molecule has 126 valence electrons. The van der Waals surface area contributed by atoms with E-state index in [4.69, 9.17) is 14.7 Å². The lowest BCUT2D eigenvalue weighted by molar-refractivity contribution is 0.353. The molecule has 0 unspecified atom stereocenters. The first-order chi connectivity index (χ1) is 11.5. The van der Waals surface area contributed by atoms with E-state index in [1.165, 1.54) is 5.56 Å². The minimum atomic E-state index is -0.0495. The molecule has 0 aliphatic heterocycles. The van der Waals surface area contributed by atoms with Gasteiger partial charge in [-0.3, -0.25) is 0 Å². The highest BCUT2D eigenvalue weighted by Gasteiger charge is 2.21. The number of rotatable bonds is 7. The number of nitrogens with zero attached hydrogens (tertiary/aromatic N) is 1. The minimum Gasteiger partial charge on any atom is -0.493 e. The molecule has 0 aliphatic carbocycles. The normalized spacial score (nSPS) is 11.0. The van der Waals surface area contributed by atoms with Gasteiger partial charge in [0.25, 0.3) is 0 Å². The van der Waals surface area contributed by atoms with E-state index < -0.39 is 0 Å². The summed E-state index contributed by atoms with van der Waals surface area (Å²) in [5.74, 6) is 1.48. The Balaban J connectivity index is 2.01. The second kappa shape index (κ2) is 7.85. The van der Waals surface area contributed by atoms with Gasteiger partial charge in [0.1, 0.15) is 0 Å². The zero-order chi connectivity index (χ0) is 17.6. The molecule has 0 bridgehead atoms. The van der Waals surface area contributed by atoms with Gasteiger partial charge in [0.15, 0.2) is 11.5 Å². The number of benzene rings is 2. The van der Waals surface area contributed by atoms with E-state index in [0.29, 0.717) is 5.56 Å². The summed E-state index contributed by atoms with van der Waals surface area (Å²) in [6.45, 7) is 5.98. The standard InChI is InChI=1S/C20H24N2O2/c1-20(2,17-9-10-18(23-3)19(11-17)24-4)14-22-13-16-7-5-15(12-21)6-8-16/h5-11,22H,13-14H2,1-4H3. The molecule has 1 N–H and O–H groups in total. The predicted molar refractivity (Wildman–Crippen MR) is 95.4 cm³/mol. The molecule has 2 aromatic rings. The van der Waals surface area contributed by atoms with E-state index in [0.717, 1.165) is 30.2 Å². The van der Waals surface area contributed by atoms with Gasteiger partial charge in [-0.25, -0.2) is 0 Å². The lowest BCUT2D eigenvalue weighted by atomic mass is 9.84. The summed E-state index contributed by atoms with van der Waals surface area (Å²) in [7, 11) is 3.29. The molecule has 4 nitrogen and oxygen atoms in total. The Bertz CT molecular complexity index is 715. The van der Waals surface area contributed by atoms with Crippen molar-refractivity contribution in [2.75, 3.05) is 20.8 Å². The summed E-state index contributed by atoms with van der Waals surface area (Å²) in [4.78, 5) is 0. The summed E-state index contributed by atoms with van der Waals surface area (Å²) < 4.78 is 10.7. The van der Waals surface area contributed by atoms with Crippen LogP contribution in [-0.4, -0.2) is 20.8 Å². The molecule has 0 heterocycles. The van der Waals surface area contributed by atoms with Gasteiger partial charge in [-0.05, 0) is 35.4 Å². The Labute approximate surface area is 144 Å². The SMILES string of the molecule is COc1ccc(C(C)(C)CNCc2ccc(C#N)cc2)cc1OC. The molecule has 0 atom stereocenters. The van der Waals surface area contributed by atoms with E-state index in [-0.39, 0.29) is 5.41 Å². The van der Waals surface area contributed by atoms with Crippen molar-refractivity contribution in [3.8, 4) is 17.6 Å². The molecule has 0 fully saturated rings. The molecule has 0 radical (unpaired) electrons. The molecular formula is C20H24N2O2. The lowest BCUT2D eigenvalue weighted by Crippen LogP contribution is -2.32. The predicted octanol–water partition coefficient (Wildman–Crippen LogP) is 3.64. The average Bonchev–Trinajstić information content (AvgIpc) is 2.61. The van der Waals surface area contributed by atoms with Crippen molar-refractivity contribution in [1.29, 1.82) is 5.26 Å². The third-order valence-electron chi connectivity index (χ3n) is 4.14. The van der Waals surface area contributed by atoms with Crippen LogP contribution in [0.5, 0.6) is 11.5 Å². The number of nitrogens with one attached hydrogen (secondary N) is 1. The highest BCUT2D eigenvalue weighted by molar-refractivity contribution is 5.45. The smallest absolute Gasteiger partial charge is 0.161 e. The first kappa shape index (κ1) is 17.8. The Morgan fingerprint density at radius 3 is 2.25 bits per heavy atom. The molecular weight excluding hydrogens is 300 g/mol. The van der Waals surface area contributed by atoms with E-state index in [1.807, 2.05) is 36.4 Å². The number of methoxy groups -OCH3 is 2. The van der Waals surface area contributed by atoms with Crippen LogP contribution in [0, 0.1) is 11.3 Å². The summed E-state index contributed by atoms with van der Waals surface area (Å²) in [5, 5.41) is 12.3. The molecule has 0 aliphatic rings. The van der Waals surface area contributed by atoms with Crippen LogP contribution in [0.3, 0.4) is 0 Å². The number of hydrogen-bond acceptors (Lipinski definition) is 4. The highest BCUT2D eigenvalue weighted by Crippen LogP contribution is 2.32. The molecule has 0 saturated carbocycles. The van der Waals surface area contributed by atoms with Crippen LogP contribution in [-0.2, 0) is 12.0 Å². The summed E-state index contributed by atoms with van der Waals surface area (Å²) in [6.07, 6.45) is 0. The van der Waals surface area contributed by atoms with Crippen molar-refractivity contribution in [3.05, 3.63) is 59.2 Å². The zero-order valence-corrected chi connectivity index (χ0v) is 14.7. The van der Waals surface area contributed by atoms with E-state index in [1.54, 1.807) is 14.2 Å². The topological polar surface area (TPSA) is 54.3 Å². The van der Waals surface area contributed by atoms with Gasteiger partial charge in [-0.2, -0.15) is 5.26 Å². The van der Waals surface area contributed by atoms with Gasteiger partial charge in [0.2, 0.25) is 0 Å². The van der Waals surface area contributed by atoms with E-state index in [9.17, 15) is 0 Å². The van der Waals surface area contributed by atoms with Crippen LogP contribution in [0.4, 0.5) is 0 Å². The van der Waals surface area contributed by atoms with Gasteiger partial charge in [-0.15, -0.1) is 0 Å². The number of ether oxygens (including phenoxy) is 2. The largest absolute Gasteiger partial charge is 0.493 e. The van der Waals surface area contributed by atoms with Crippen molar-refractivity contribution in [2.24, 2.45) is 0 Å². The quantitative estimate of drug-likeness (QED) is 0.845. The summed E-state index contributed by atoms with van der Waals surface area (Å²) in [5.41, 5.74) is 2.99. The van der Waals surface area contributed by atoms with Gasteiger partial charge in [-0.1, -0.05) is 32.0 Å². The van der Waals surface area contributed by atoms with Crippen molar-refractivity contribution >= 4 is 0 Å². The van der Waals surface area contributed by atoms with Crippen LogP contribution >= 0.6 is 0 Å². The number of hydrogen-bond donors (Lipinski definition) is 1. The molecule has 0 spiro atoms. The minimum absolute atomic E-state index is 0.0495. The first-order valence-corrected chi connectivity index (χ1v) is 7.92. The van der Waals surface area contributed by atoms with Crippen molar-refractivity contribution < 1.29 is 9.47 Å². The molecule has 24 heavy (non-hydrogen) atoms. The third kappa shape index (κ3) is 4.27. The van der Waals surface area contributed by atoms with Gasteiger partial charge in [0.05, 0.1) is 25.9 Å². The highest BCUT2D eigenvalue weighted by atomic mass is 16.5. The van der Waals surface area contributed by atoms with E-state index >= 15 is 0 Å². The maximum Gasteiger partial charge on any atom is 0.161 e. The van der Waals surface area contributed by atoms with Crippen LogP contribution in [0.15, 0.2) is 42.5 Å². The van der Waals surface area contributed by atoms with Crippen LogP contribution in [0.2, 0.25) is 0 Å². The molecule has 0 amide bonds. The Morgan fingerprint density at radius 2 is 1.67 bits per heavy atom. The van der Waals surface area contributed by atoms with E-state index in [2.05, 4.69) is 31.3 Å². The Kier molecular flexibility index (Phi) is 5.83. The van der Waals surface area contributed by atoms with Crippen LogP contribution in [0.1, 0.15) is 30.5 Å². The molecule has 4 heteroatoms. The third-order valence-corrected chi connectivity index (χ3v) is 4.14. The van der Waals surface area contributed by atoms with Gasteiger partial charge < -0.3 is 14.8 Å². The van der Waals surface area contributed by atoms with Gasteiger partial charge >= 0.3 is 0 Å². The molecule has 0 aromatic heterocycles. The monoisotopic (exact) mass is 324 g/mol. The molecule has 2 aromatic carbocycles. The fourth-order valence-corrected chi connectivity index (χ4v) is 2.58. The number of nitriles is 1. The Morgan fingerprint density at radius 1 is 1.00 bits per heavy atom. The summed E-state index contributed by atoms with van der Waals surface area (Å²) >= 11 is 0. The average molecular weight is 324 g/mol. The molecule has 0 saturated heterocycles. The Hall–Kier alpha value is -2.51. The first-order valence-electron chi connectivity index (χ1n) is 7.92. The van der Waals surface area contributed by atoms with Crippen LogP contribution in [0.25, 0.3) is 0 Å². The maximum absolute atomic E-state index is 8.83. The maximum atomic E-state index is 8.83. The van der Waals surface area contributed by atoms with Crippen molar-refractivity contribution in [1.82, 2.24) is 5.32 Å². The zero-order valence-electron chi connectivity index (χ0n) is 14.7. The lowest BCUT2D eigenvalue weighted by Gasteiger charge is -2.26. The molecule has 2 rings (SSSR count). The summed E-state index contributed by atoms with van der Waals surface area (Å²) in [6, 6.07) is 15.8. The van der Waals surface area contributed by atoms with Crippen molar-refractivity contribution in [3.63, 3.8) is 0 Å². The second-order valence-corrected chi connectivity index (χ2v) is 6.37. The fourth-order valence-electron chi connectivity index (χ4n) is 2.58. The fraction of sp³-hybridized carbons (Fsp3) is 0.350. The van der Waals surface area contributed by atoms with Gasteiger partial charge in [0, 0.05) is 18.5 Å². The second-order valence-electron chi connectivity index (χ2n) is 6.37.